The third-order valence-corrected chi connectivity index (χ3v) is 3.19. The largest absolute Gasteiger partial charge is 0.240 e. The van der Waals surface area contributed by atoms with Gasteiger partial charge in [0.25, 0.3) is 0 Å². The topological polar surface area (TPSA) is 25.8 Å². The standard InChI is InChI=1S/C10H12N2S/c1-3-7(2)9-8-4-5-13-10(8)12-6-11-9/h4-7H,3H2,1-2H3. The van der Waals surface area contributed by atoms with E-state index in [0.717, 1.165) is 11.3 Å². The molecule has 2 aromatic rings. The van der Waals surface area contributed by atoms with Crippen LogP contribution in [-0.2, 0) is 0 Å². The highest BCUT2D eigenvalue weighted by Crippen LogP contribution is 2.26. The number of hydrogen-bond acceptors (Lipinski definition) is 3. The van der Waals surface area contributed by atoms with E-state index >= 15 is 0 Å². The fraction of sp³-hybridized carbons (Fsp3) is 0.400. The van der Waals surface area contributed by atoms with Gasteiger partial charge < -0.3 is 0 Å². The average Bonchev–Trinajstić information content (AvgIpc) is 2.63. The summed E-state index contributed by atoms with van der Waals surface area (Å²) < 4.78 is 0. The van der Waals surface area contributed by atoms with Gasteiger partial charge in [0.05, 0.1) is 5.69 Å². The monoisotopic (exact) mass is 192 g/mol. The van der Waals surface area contributed by atoms with E-state index in [9.17, 15) is 0 Å². The first-order valence-electron chi connectivity index (χ1n) is 4.51. The molecule has 0 spiro atoms. The van der Waals surface area contributed by atoms with Crippen molar-refractivity contribution < 1.29 is 0 Å². The lowest BCUT2D eigenvalue weighted by Gasteiger charge is -2.07. The summed E-state index contributed by atoms with van der Waals surface area (Å²) in [6.45, 7) is 4.39. The molecular weight excluding hydrogens is 180 g/mol. The normalized spacial score (nSPS) is 13.4. The van der Waals surface area contributed by atoms with Crippen LogP contribution < -0.4 is 0 Å². The third kappa shape index (κ3) is 1.44. The third-order valence-electron chi connectivity index (χ3n) is 2.37. The molecule has 0 bridgehead atoms. The second-order valence-corrected chi connectivity index (χ2v) is 4.10. The number of thiophene rings is 1. The summed E-state index contributed by atoms with van der Waals surface area (Å²) in [5.74, 6) is 0.528. The summed E-state index contributed by atoms with van der Waals surface area (Å²) in [7, 11) is 0. The lowest BCUT2D eigenvalue weighted by Crippen LogP contribution is -1.96. The van der Waals surface area contributed by atoms with Crippen molar-refractivity contribution in [1.82, 2.24) is 9.97 Å². The molecule has 0 aromatic carbocycles. The predicted molar refractivity (Wildman–Crippen MR) is 56.1 cm³/mol. The molecule has 13 heavy (non-hydrogen) atoms. The van der Waals surface area contributed by atoms with Crippen LogP contribution in [0.2, 0.25) is 0 Å². The molecule has 0 saturated heterocycles. The van der Waals surface area contributed by atoms with Crippen LogP contribution in [0.3, 0.4) is 0 Å². The van der Waals surface area contributed by atoms with Gasteiger partial charge in [-0.15, -0.1) is 11.3 Å². The van der Waals surface area contributed by atoms with Crippen LogP contribution in [0.15, 0.2) is 17.8 Å². The Labute approximate surface area is 81.7 Å². The molecule has 1 atom stereocenters. The van der Waals surface area contributed by atoms with Gasteiger partial charge in [0.15, 0.2) is 0 Å². The fourth-order valence-corrected chi connectivity index (χ4v) is 2.14. The van der Waals surface area contributed by atoms with Crippen LogP contribution in [0, 0.1) is 0 Å². The number of hydrogen-bond donors (Lipinski definition) is 0. The van der Waals surface area contributed by atoms with Crippen LogP contribution in [0.1, 0.15) is 31.9 Å². The van der Waals surface area contributed by atoms with Crippen LogP contribution >= 0.6 is 11.3 Å². The molecule has 3 heteroatoms. The number of fused-ring (bicyclic) bond motifs is 1. The number of nitrogens with zero attached hydrogens (tertiary/aromatic N) is 2. The first kappa shape index (κ1) is 8.63. The molecule has 0 aliphatic heterocycles. The summed E-state index contributed by atoms with van der Waals surface area (Å²) in [5.41, 5.74) is 1.19. The van der Waals surface area contributed by atoms with Gasteiger partial charge in [-0.2, -0.15) is 0 Å². The van der Waals surface area contributed by atoms with Crippen molar-refractivity contribution >= 4 is 21.6 Å². The maximum atomic E-state index is 4.35. The minimum Gasteiger partial charge on any atom is -0.240 e. The van der Waals surface area contributed by atoms with Crippen molar-refractivity contribution in [3.05, 3.63) is 23.5 Å². The predicted octanol–water partition coefficient (Wildman–Crippen LogP) is 3.20. The van der Waals surface area contributed by atoms with Crippen molar-refractivity contribution in [2.24, 2.45) is 0 Å². The first-order chi connectivity index (χ1) is 6.33. The van der Waals surface area contributed by atoms with Crippen LogP contribution in [0.5, 0.6) is 0 Å². The Hall–Kier alpha value is -0.960. The lowest BCUT2D eigenvalue weighted by molar-refractivity contribution is 0.713. The van der Waals surface area contributed by atoms with E-state index in [2.05, 4.69) is 35.3 Å². The van der Waals surface area contributed by atoms with Crippen molar-refractivity contribution in [2.45, 2.75) is 26.2 Å². The zero-order chi connectivity index (χ0) is 9.26. The molecule has 2 nitrogen and oxygen atoms in total. The molecule has 0 N–H and O–H groups in total. The quantitative estimate of drug-likeness (QED) is 0.730. The Morgan fingerprint density at radius 3 is 3.08 bits per heavy atom. The summed E-state index contributed by atoms with van der Waals surface area (Å²) in [6.07, 6.45) is 2.79. The minimum absolute atomic E-state index is 0.528. The zero-order valence-electron chi connectivity index (χ0n) is 7.82. The molecule has 2 heterocycles. The highest BCUT2D eigenvalue weighted by Gasteiger charge is 2.09. The molecule has 0 amide bonds. The molecule has 0 saturated carbocycles. The first-order valence-corrected chi connectivity index (χ1v) is 5.39. The smallest absolute Gasteiger partial charge is 0.126 e. The average molecular weight is 192 g/mol. The van der Waals surface area contributed by atoms with Gasteiger partial charge in [-0.05, 0) is 23.8 Å². The van der Waals surface area contributed by atoms with Gasteiger partial charge in [-0.25, -0.2) is 9.97 Å². The molecular formula is C10H12N2S. The zero-order valence-corrected chi connectivity index (χ0v) is 8.64. The molecule has 0 radical (unpaired) electrons. The Morgan fingerprint density at radius 2 is 2.31 bits per heavy atom. The molecule has 1 unspecified atom stereocenters. The van der Waals surface area contributed by atoms with Gasteiger partial charge in [0, 0.05) is 5.39 Å². The second kappa shape index (κ2) is 3.42. The van der Waals surface area contributed by atoms with E-state index in [-0.39, 0.29) is 0 Å². The molecule has 68 valence electrons. The van der Waals surface area contributed by atoms with Gasteiger partial charge in [-0.3, -0.25) is 0 Å². The minimum atomic E-state index is 0.528. The van der Waals surface area contributed by atoms with E-state index in [1.165, 1.54) is 11.1 Å². The maximum Gasteiger partial charge on any atom is 0.126 e. The van der Waals surface area contributed by atoms with Crippen LogP contribution in [-0.4, -0.2) is 9.97 Å². The van der Waals surface area contributed by atoms with Crippen molar-refractivity contribution in [3.63, 3.8) is 0 Å². The van der Waals surface area contributed by atoms with E-state index in [4.69, 9.17) is 0 Å². The van der Waals surface area contributed by atoms with Gasteiger partial charge >= 0.3 is 0 Å². The van der Waals surface area contributed by atoms with Crippen LogP contribution in [0.25, 0.3) is 10.2 Å². The van der Waals surface area contributed by atoms with E-state index < -0.39 is 0 Å². The Bertz CT molecular complexity index is 408. The summed E-state index contributed by atoms with van der Waals surface area (Å²) in [5, 5.41) is 3.30. The summed E-state index contributed by atoms with van der Waals surface area (Å²) in [6, 6.07) is 2.11. The second-order valence-electron chi connectivity index (χ2n) is 3.21. The SMILES string of the molecule is CCC(C)c1ncnc2sccc12. The Kier molecular flexibility index (Phi) is 2.27. The Balaban J connectivity index is 2.60. The van der Waals surface area contributed by atoms with E-state index in [0.29, 0.717) is 5.92 Å². The molecule has 0 fully saturated rings. The highest BCUT2D eigenvalue weighted by molar-refractivity contribution is 7.16. The highest BCUT2D eigenvalue weighted by atomic mass is 32.1. The number of aromatic nitrogens is 2. The number of rotatable bonds is 2. The maximum absolute atomic E-state index is 4.35. The molecule has 0 aliphatic rings. The van der Waals surface area contributed by atoms with Gasteiger partial charge in [-0.1, -0.05) is 13.8 Å². The molecule has 2 rings (SSSR count). The van der Waals surface area contributed by atoms with E-state index in [1.807, 2.05) is 0 Å². The Morgan fingerprint density at radius 1 is 1.46 bits per heavy atom. The van der Waals surface area contributed by atoms with Crippen LogP contribution in [0.4, 0.5) is 0 Å². The summed E-state index contributed by atoms with van der Waals surface area (Å²) >= 11 is 1.68. The fourth-order valence-electron chi connectivity index (χ4n) is 1.40. The van der Waals surface area contributed by atoms with Crippen molar-refractivity contribution in [3.8, 4) is 0 Å². The van der Waals surface area contributed by atoms with Crippen molar-refractivity contribution in [1.29, 1.82) is 0 Å². The van der Waals surface area contributed by atoms with Gasteiger partial charge in [0.2, 0.25) is 0 Å². The molecule has 2 aromatic heterocycles. The lowest BCUT2D eigenvalue weighted by atomic mass is 10.0. The van der Waals surface area contributed by atoms with Gasteiger partial charge in [0.1, 0.15) is 11.2 Å². The van der Waals surface area contributed by atoms with Crippen molar-refractivity contribution in [2.75, 3.05) is 0 Å². The summed E-state index contributed by atoms with van der Waals surface area (Å²) in [4.78, 5) is 9.67. The molecule has 0 aliphatic carbocycles. The van der Waals surface area contributed by atoms with E-state index in [1.54, 1.807) is 17.7 Å².